The Bertz CT molecular complexity index is 773. The zero-order valence-corrected chi connectivity index (χ0v) is 13.1. The topological polar surface area (TPSA) is 56.1 Å². The van der Waals surface area contributed by atoms with Crippen molar-refractivity contribution in [1.82, 2.24) is 5.32 Å². The first-order valence-corrected chi connectivity index (χ1v) is 7.15. The molecule has 2 aromatic rings. The van der Waals surface area contributed by atoms with Crippen molar-refractivity contribution in [2.75, 3.05) is 25.5 Å². The third-order valence-corrected chi connectivity index (χ3v) is 3.23. The first kappa shape index (κ1) is 16.1. The molecule has 0 unspecified atom stereocenters. The Labute approximate surface area is 136 Å². The van der Waals surface area contributed by atoms with Gasteiger partial charge in [0.1, 0.15) is 0 Å². The lowest BCUT2D eigenvalue weighted by molar-refractivity contribution is 0.0958. The Hall–Kier alpha value is -3.24. The van der Waals surface area contributed by atoms with Gasteiger partial charge in [0.2, 0.25) is 0 Å². The molecule has 4 heteroatoms. The van der Waals surface area contributed by atoms with Crippen LogP contribution in [0, 0.1) is 23.2 Å². The van der Waals surface area contributed by atoms with Crippen LogP contribution in [0.1, 0.15) is 21.5 Å². The average molecular weight is 303 g/mol. The highest BCUT2D eigenvalue weighted by molar-refractivity contribution is 5.94. The number of rotatable bonds is 3. The Morgan fingerprint density at radius 3 is 2.22 bits per heavy atom. The summed E-state index contributed by atoms with van der Waals surface area (Å²) >= 11 is 0. The Balaban J connectivity index is 1.89. The van der Waals surface area contributed by atoms with E-state index < -0.39 is 0 Å². The monoisotopic (exact) mass is 303 g/mol. The van der Waals surface area contributed by atoms with Crippen LogP contribution < -0.4 is 10.2 Å². The van der Waals surface area contributed by atoms with Crippen molar-refractivity contribution in [2.24, 2.45) is 0 Å². The molecule has 0 fully saturated rings. The molecule has 1 amide bonds. The van der Waals surface area contributed by atoms with Crippen LogP contribution in [-0.4, -0.2) is 26.5 Å². The lowest BCUT2D eigenvalue weighted by Gasteiger charge is -2.11. The summed E-state index contributed by atoms with van der Waals surface area (Å²) in [5.74, 6) is 5.73. The fraction of sp³-hybridized carbons (Fsp3) is 0.158. The van der Waals surface area contributed by atoms with Crippen LogP contribution in [0.5, 0.6) is 0 Å². The summed E-state index contributed by atoms with van der Waals surface area (Å²) < 4.78 is 0. The van der Waals surface area contributed by atoms with E-state index >= 15 is 0 Å². The first-order valence-electron chi connectivity index (χ1n) is 7.15. The molecule has 114 valence electrons. The van der Waals surface area contributed by atoms with Gasteiger partial charge in [0.25, 0.3) is 5.91 Å². The van der Waals surface area contributed by atoms with Crippen LogP contribution in [0.15, 0.2) is 48.5 Å². The van der Waals surface area contributed by atoms with Crippen LogP contribution in [0.2, 0.25) is 0 Å². The third-order valence-electron chi connectivity index (χ3n) is 3.23. The average Bonchev–Trinajstić information content (AvgIpc) is 2.59. The number of hydrogen-bond donors (Lipinski definition) is 1. The summed E-state index contributed by atoms with van der Waals surface area (Å²) in [6, 6.07) is 16.4. The van der Waals surface area contributed by atoms with E-state index in [1.165, 1.54) is 0 Å². The predicted octanol–water partition coefficient (Wildman–Crippen LogP) is 2.41. The van der Waals surface area contributed by atoms with Gasteiger partial charge in [-0.05, 0) is 48.5 Å². The zero-order chi connectivity index (χ0) is 16.7. The van der Waals surface area contributed by atoms with E-state index in [1.807, 2.05) is 49.3 Å². The Morgan fingerprint density at radius 1 is 1.04 bits per heavy atom. The van der Waals surface area contributed by atoms with Crippen molar-refractivity contribution in [3.8, 4) is 17.9 Å². The number of amides is 1. The molecule has 23 heavy (non-hydrogen) atoms. The van der Waals surface area contributed by atoms with E-state index in [1.54, 1.807) is 24.3 Å². The molecular weight excluding hydrogens is 286 g/mol. The quantitative estimate of drug-likeness (QED) is 0.886. The number of nitrogens with one attached hydrogen (secondary N) is 1. The highest BCUT2D eigenvalue weighted by Gasteiger charge is 2.03. The van der Waals surface area contributed by atoms with E-state index in [0.717, 1.165) is 11.3 Å². The molecule has 0 saturated heterocycles. The van der Waals surface area contributed by atoms with Crippen molar-refractivity contribution in [3.63, 3.8) is 0 Å². The zero-order valence-electron chi connectivity index (χ0n) is 13.1. The summed E-state index contributed by atoms with van der Waals surface area (Å²) in [7, 11) is 3.97. The summed E-state index contributed by atoms with van der Waals surface area (Å²) in [4.78, 5) is 13.9. The van der Waals surface area contributed by atoms with E-state index in [-0.39, 0.29) is 12.5 Å². The molecule has 0 aliphatic rings. The second-order valence-electron chi connectivity index (χ2n) is 5.11. The third kappa shape index (κ3) is 4.62. The molecule has 2 aromatic carbocycles. The second-order valence-corrected chi connectivity index (χ2v) is 5.11. The number of carbonyl (C=O) groups excluding carboxylic acids is 1. The Kier molecular flexibility index (Phi) is 5.39. The lowest BCUT2D eigenvalue weighted by atomic mass is 10.1. The van der Waals surface area contributed by atoms with Crippen molar-refractivity contribution in [2.45, 2.75) is 0 Å². The van der Waals surface area contributed by atoms with Gasteiger partial charge in [-0.25, -0.2) is 0 Å². The number of anilines is 1. The fourth-order valence-corrected chi connectivity index (χ4v) is 1.91. The largest absolute Gasteiger partial charge is 0.378 e. The van der Waals surface area contributed by atoms with Crippen LogP contribution in [0.4, 0.5) is 5.69 Å². The molecule has 0 radical (unpaired) electrons. The molecule has 0 aliphatic carbocycles. The predicted molar refractivity (Wildman–Crippen MR) is 91.1 cm³/mol. The maximum atomic E-state index is 11.9. The summed E-state index contributed by atoms with van der Waals surface area (Å²) in [5, 5.41) is 11.5. The van der Waals surface area contributed by atoms with Crippen molar-refractivity contribution in [1.29, 1.82) is 5.26 Å². The second kappa shape index (κ2) is 7.68. The van der Waals surface area contributed by atoms with Crippen LogP contribution in [-0.2, 0) is 0 Å². The molecule has 0 saturated carbocycles. The molecule has 1 N–H and O–H groups in total. The number of carbonyl (C=O) groups is 1. The molecule has 0 aliphatic heterocycles. The van der Waals surface area contributed by atoms with Crippen LogP contribution >= 0.6 is 0 Å². The highest BCUT2D eigenvalue weighted by atomic mass is 16.1. The molecule has 0 spiro atoms. The van der Waals surface area contributed by atoms with E-state index in [4.69, 9.17) is 5.26 Å². The lowest BCUT2D eigenvalue weighted by Crippen LogP contribution is -2.23. The number of nitriles is 1. The van der Waals surface area contributed by atoms with Crippen LogP contribution in [0.25, 0.3) is 0 Å². The van der Waals surface area contributed by atoms with Gasteiger partial charge in [-0.3, -0.25) is 4.79 Å². The first-order chi connectivity index (χ1) is 11.1. The van der Waals surface area contributed by atoms with Crippen molar-refractivity contribution >= 4 is 11.6 Å². The maximum absolute atomic E-state index is 11.9. The minimum atomic E-state index is -0.202. The summed E-state index contributed by atoms with van der Waals surface area (Å²) in [6.07, 6.45) is 0. The standard InChI is InChI=1S/C19H17N3O/c1-22(2)18-11-7-15(8-12-18)4-3-13-21-19(23)17-9-5-16(14-20)6-10-17/h5-12H,13H2,1-2H3,(H,21,23). The number of nitrogens with zero attached hydrogens (tertiary/aromatic N) is 2. The van der Waals surface area contributed by atoms with Gasteiger partial charge in [-0.2, -0.15) is 5.26 Å². The van der Waals surface area contributed by atoms with Gasteiger partial charge in [0, 0.05) is 30.9 Å². The van der Waals surface area contributed by atoms with E-state index in [2.05, 4.69) is 17.2 Å². The minimum Gasteiger partial charge on any atom is -0.378 e. The van der Waals surface area contributed by atoms with Gasteiger partial charge < -0.3 is 10.2 Å². The van der Waals surface area contributed by atoms with Gasteiger partial charge in [-0.15, -0.1) is 0 Å². The van der Waals surface area contributed by atoms with Gasteiger partial charge in [0.05, 0.1) is 18.2 Å². The maximum Gasteiger partial charge on any atom is 0.252 e. The van der Waals surface area contributed by atoms with Gasteiger partial charge >= 0.3 is 0 Å². The van der Waals surface area contributed by atoms with Crippen molar-refractivity contribution < 1.29 is 4.79 Å². The summed E-state index contributed by atoms with van der Waals surface area (Å²) in [6.45, 7) is 0.272. The van der Waals surface area contributed by atoms with Gasteiger partial charge in [0.15, 0.2) is 0 Å². The molecule has 2 rings (SSSR count). The van der Waals surface area contributed by atoms with E-state index in [9.17, 15) is 4.79 Å². The van der Waals surface area contributed by atoms with E-state index in [0.29, 0.717) is 11.1 Å². The molecule has 0 atom stereocenters. The molecular formula is C19H17N3O. The molecule has 0 heterocycles. The van der Waals surface area contributed by atoms with Gasteiger partial charge in [-0.1, -0.05) is 11.8 Å². The normalized spacial score (nSPS) is 9.26. The molecule has 0 aromatic heterocycles. The van der Waals surface area contributed by atoms with Crippen molar-refractivity contribution in [3.05, 3.63) is 65.2 Å². The highest BCUT2D eigenvalue weighted by Crippen LogP contribution is 2.11. The SMILES string of the molecule is CN(C)c1ccc(C#CCNC(=O)c2ccc(C#N)cc2)cc1. The molecule has 4 nitrogen and oxygen atoms in total. The minimum absolute atomic E-state index is 0.202. The molecule has 0 bridgehead atoms. The smallest absolute Gasteiger partial charge is 0.252 e. The number of hydrogen-bond acceptors (Lipinski definition) is 3. The number of benzene rings is 2. The van der Waals surface area contributed by atoms with Crippen LogP contribution in [0.3, 0.4) is 0 Å². The Morgan fingerprint density at radius 2 is 1.65 bits per heavy atom. The summed E-state index contributed by atoms with van der Waals surface area (Å²) in [5.41, 5.74) is 3.07. The fourth-order valence-electron chi connectivity index (χ4n) is 1.91.